The van der Waals surface area contributed by atoms with E-state index >= 15 is 0 Å². The average Bonchev–Trinajstić information content (AvgIpc) is 2.51. The number of pyridine rings is 1. The van der Waals surface area contributed by atoms with E-state index in [-0.39, 0.29) is 22.2 Å². The number of ether oxygens (including phenoxy) is 1. The van der Waals surface area contributed by atoms with Crippen molar-refractivity contribution in [3.8, 4) is 11.5 Å². The summed E-state index contributed by atoms with van der Waals surface area (Å²) in [6.07, 6.45) is 2.90. The van der Waals surface area contributed by atoms with Gasteiger partial charge in [0.05, 0.1) is 18.3 Å². The van der Waals surface area contributed by atoms with Crippen LogP contribution in [0.5, 0.6) is 11.5 Å². The van der Waals surface area contributed by atoms with Crippen molar-refractivity contribution in [1.29, 1.82) is 0 Å². The van der Waals surface area contributed by atoms with Gasteiger partial charge in [0.25, 0.3) is 5.91 Å². The van der Waals surface area contributed by atoms with Crippen molar-refractivity contribution in [3.05, 3.63) is 52.8 Å². The van der Waals surface area contributed by atoms with Crippen LogP contribution in [0.25, 0.3) is 0 Å². The van der Waals surface area contributed by atoms with Crippen molar-refractivity contribution in [2.45, 2.75) is 0 Å². The number of phenols is 1. The Morgan fingerprint density at radius 1 is 1.48 bits per heavy atom. The van der Waals surface area contributed by atoms with Crippen LogP contribution < -0.4 is 10.2 Å². The van der Waals surface area contributed by atoms with Crippen molar-refractivity contribution in [2.24, 2.45) is 5.10 Å². The maximum Gasteiger partial charge on any atom is 0.289 e. The third-order valence-electron chi connectivity index (χ3n) is 2.55. The number of hydrogen-bond donors (Lipinski definition) is 2. The molecule has 1 amide bonds. The third-order valence-corrected chi connectivity index (χ3v) is 2.84. The zero-order valence-electron chi connectivity index (χ0n) is 11.1. The fraction of sp³-hybridized carbons (Fsp3) is 0.0714. The number of rotatable bonds is 4. The van der Waals surface area contributed by atoms with Crippen LogP contribution in [-0.2, 0) is 0 Å². The zero-order valence-corrected chi connectivity index (χ0v) is 11.8. The molecule has 0 aliphatic heterocycles. The summed E-state index contributed by atoms with van der Waals surface area (Å²) in [5, 5.41) is 13.5. The lowest BCUT2D eigenvalue weighted by atomic mass is 10.2. The van der Waals surface area contributed by atoms with E-state index in [9.17, 15) is 9.90 Å². The summed E-state index contributed by atoms with van der Waals surface area (Å²) < 4.78 is 4.97. The highest BCUT2D eigenvalue weighted by molar-refractivity contribution is 6.32. The van der Waals surface area contributed by atoms with Gasteiger partial charge in [0.15, 0.2) is 11.5 Å². The van der Waals surface area contributed by atoms with Crippen LogP contribution in [0.2, 0.25) is 5.02 Å². The molecule has 0 atom stereocenters. The number of carbonyl (C=O) groups excluding carboxylic acids is 1. The van der Waals surface area contributed by atoms with E-state index in [2.05, 4.69) is 15.5 Å². The van der Waals surface area contributed by atoms with Crippen molar-refractivity contribution in [1.82, 2.24) is 10.4 Å². The van der Waals surface area contributed by atoms with Gasteiger partial charge >= 0.3 is 0 Å². The Morgan fingerprint density at radius 3 is 2.95 bits per heavy atom. The second-order valence-corrected chi connectivity index (χ2v) is 4.37. The first-order valence-electron chi connectivity index (χ1n) is 5.92. The molecule has 0 bridgehead atoms. The standard InChI is InChI=1S/C14H12ClN3O3/c1-21-12-7-9(6-10(15)13(12)19)8-17-18-14(20)11-4-2-3-5-16-11/h2-8,19H,1H3,(H,18,20)/b17-8+. The molecule has 0 fully saturated rings. The number of nitrogens with zero attached hydrogens (tertiary/aromatic N) is 2. The molecular weight excluding hydrogens is 294 g/mol. The van der Waals surface area contributed by atoms with Gasteiger partial charge in [0.1, 0.15) is 5.69 Å². The van der Waals surface area contributed by atoms with E-state index in [1.165, 1.54) is 31.7 Å². The molecule has 1 aromatic heterocycles. The summed E-state index contributed by atoms with van der Waals surface area (Å²) in [7, 11) is 1.41. The van der Waals surface area contributed by atoms with Gasteiger partial charge in [-0.3, -0.25) is 9.78 Å². The van der Waals surface area contributed by atoms with Crippen LogP contribution in [0.15, 0.2) is 41.6 Å². The van der Waals surface area contributed by atoms with Crippen LogP contribution in [0, 0.1) is 0 Å². The van der Waals surface area contributed by atoms with Crippen LogP contribution in [-0.4, -0.2) is 29.3 Å². The Balaban J connectivity index is 2.08. The number of hydrazone groups is 1. The Hall–Kier alpha value is -2.60. The molecule has 6 nitrogen and oxygen atoms in total. The van der Waals surface area contributed by atoms with Crippen LogP contribution >= 0.6 is 11.6 Å². The topological polar surface area (TPSA) is 83.8 Å². The Bertz CT molecular complexity index is 675. The minimum absolute atomic E-state index is 0.131. The minimum Gasteiger partial charge on any atom is -0.503 e. The average molecular weight is 306 g/mol. The molecule has 0 radical (unpaired) electrons. The number of hydrogen-bond acceptors (Lipinski definition) is 5. The first kappa shape index (κ1) is 14.8. The predicted molar refractivity (Wildman–Crippen MR) is 79.0 cm³/mol. The number of nitrogens with one attached hydrogen (secondary N) is 1. The normalized spacial score (nSPS) is 10.6. The Kier molecular flexibility index (Phi) is 4.73. The van der Waals surface area contributed by atoms with Gasteiger partial charge in [-0.05, 0) is 29.8 Å². The number of benzene rings is 1. The second-order valence-electron chi connectivity index (χ2n) is 3.97. The maximum atomic E-state index is 11.7. The summed E-state index contributed by atoms with van der Waals surface area (Å²) in [4.78, 5) is 15.6. The summed E-state index contributed by atoms with van der Waals surface area (Å²) in [6.45, 7) is 0. The van der Waals surface area contributed by atoms with Crippen molar-refractivity contribution < 1.29 is 14.6 Å². The third kappa shape index (κ3) is 3.70. The number of aromatic nitrogens is 1. The molecule has 0 saturated carbocycles. The van der Waals surface area contributed by atoms with Crippen LogP contribution in [0.4, 0.5) is 0 Å². The van der Waals surface area contributed by atoms with E-state index in [4.69, 9.17) is 16.3 Å². The van der Waals surface area contributed by atoms with Crippen LogP contribution in [0.3, 0.4) is 0 Å². The highest BCUT2D eigenvalue weighted by Gasteiger charge is 2.08. The Labute approximate surface area is 126 Å². The number of amides is 1. The fourth-order valence-corrected chi connectivity index (χ4v) is 1.76. The molecule has 108 valence electrons. The minimum atomic E-state index is -0.427. The number of methoxy groups -OCH3 is 1. The lowest BCUT2D eigenvalue weighted by Crippen LogP contribution is -2.18. The molecule has 2 N–H and O–H groups in total. The van der Waals surface area contributed by atoms with E-state index in [1.807, 2.05) is 0 Å². The lowest BCUT2D eigenvalue weighted by Gasteiger charge is -2.06. The molecule has 2 aromatic rings. The summed E-state index contributed by atoms with van der Waals surface area (Å²) >= 11 is 5.85. The van der Waals surface area contributed by atoms with Crippen LogP contribution in [0.1, 0.15) is 16.1 Å². The number of aromatic hydroxyl groups is 1. The van der Waals surface area contributed by atoms with Gasteiger partial charge in [-0.2, -0.15) is 5.10 Å². The molecule has 7 heteroatoms. The van der Waals surface area contributed by atoms with E-state index < -0.39 is 5.91 Å². The molecule has 0 aliphatic rings. The Morgan fingerprint density at radius 2 is 2.29 bits per heavy atom. The van der Waals surface area contributed by atoms with Gasteiger partial charge < -0.3 is 9.84 Å². The van der Waals surface area contributed by atoms with Gasteiger partial charge in [-0.15, -0.1) is 0 Å². The summed E-state index contributed by atoms with van der Waals surface area (Å²) in [6, 6.07) is 8.03. The van der Waals surface area contributed by atoms with E-state index in [0.29, 0.717) is 5.56 Å². The second kappa shape index (κ2) is 6.71. The molecule has 1 heterocycles. The zero-order chi connectivity index (χ0) is 15.2. The van der Waals surface area contributed by atoms with Gasteiger partial charge in [-0.1, -0.05) is 17.7 Å². The molecular formula is C14H12ClN3O3. The molecule has 0 aliphatic carbocycles. The summed E-state index contributed by atoms with van der Waals surface area (Å²) in [5.41, 5.74) is 3.17. The van der Waals surface area contributed by atoms with E-state index in [1.54, 1.807) is 18.2 Å². The molecule has 0 spiro atoms. The lowest BCUT2D eigenvalue weighted by molar-refractivity contribution is 0.0950. The highest BCUT2D eigenvalue weighted by atomic mass is 35.5. The predicted octanol–water partition coefficient (Wildman–Crippen LogP) is 2.21. The monoisotopic (exact) mass is 305 g/mol. The molecule has 2 rings (SSSR count). The molecule has 0 saturated heterocycles. The van der Waals surface area contributed by atoms with Crippen molar-refractivity contribution in [2.75, 3.05) is 7.11 Å². The SMILES string of the molecule is COc1cc(/C=N/NC(=O)c2ccccn2)cc(Cl)c1O. The maximum absolute atomic E-state index is 11.7. The number of carbonyl (C=O) groups is 1. The largest absolute Gasteiger partial charge is 0.503 e. The summed E-state index contributed by atoms with van der Waals surface area (Å²) in [5.74, 6) is -0.350. The van der Waals surface area contributed by atoms with Gasteiger partial charge in [0.2, 0.25) is 0 Å². The smallest absolute Gasteiger partial charge is 0.289 e. The van der Waals surface area contributed by atoms with Gasteiger partial charge in [0, 0.05) is 6.20 Å². The van der Waals surface area contributed by atoms with Gasteiger partial charge in [-0.25, -0.2) is 5.43 Å². The highest BCUT2D eigenvalue weighted by Crippen LogP contribution is 2.34. The molecule has 1 aromatic carbocycles. The number of phenolic OH excluding ortho intramolecular Hbond substituents is 1. The van der Waals surface area contributed by atoms with E-state index in [0.717, 1.165) is 0 Å². The number of halogens is 1. The molecule has 21 heavy (non-hydrogen) atoms. The fourth-order valence-electron chi connectivity index (χ4n) is 1.54. The molecule has 0 unspecified atom stereocenters. The van der Waals surface area contributed by atoms with Crippen molar-refractivity contribution >= 4 is 23.7 Å². The quantitative estimate of drug-likeness (QED) is 0.670. The first-order chi connectivity index (χ1) is 10.1. The first-order valence-corrected chi connectivity index (χ1v) is 6.30. The van der Waals surface area contributed by atoms with Crippen molar-refractivity contribution in [3.63, 3.8) is 0 Å².